The smallest absolute Gasteiger partial charge is 0.326 e. The maximum absolute atomic E-state index is 11.9. The highest BCUT2D eigenvalue weighted by Crippen LogP contribution is 2.20. The standard InChI is InChI=1S/C16H22ClNO3/c1-10-5-6-11(9-12(10)17)7-8-13(19)18-14(15(20)21)16(2,3)4/h5-6,9,14H,7-8H2,1-4H3,(H,18,19)(H,20,21)/t14-/m1/s1. The van der Waals surface area contributed by atoms with Crippen LogP contribution in [0.1, 0.15) is 38.3 Å². The molecule has 0 bridgehead atoms. The maximum Gasteiger partial charge on any atom is 0.326 e. The number of nitrogens with one attached hydrogen (secondary N) is 1. The monoisotopic (exact) mass is 311 g/mol. The van der Waals surface area contributed by atoms with Crippen LogP contribution in [-0.4, -0.2) is 23.0 Å². The van der Waals surface area contributed by atoms with Gasteiger partial charge in [0.25, 0.3) is 0 Å². The Morgan fingerprint density at radius 1 is 1.33 bits per heavy atom. The fourth-order valence-corrected chi connectivity index (χ4v) is 2.13. The lowest BCUT2D eigenvalue weighted by Gasteiger charge is -2.27. The molecular formula is C16H22ClNO3. The second-order valence-electron chi connectivity index (χ2n) is 6.29. The summed E-state index contributed by atoms with van der Waals surface area (Å²) in [5.41, 5.74) is 1.42. The van der Waals surface area contributed by atoms with Gasteiger partial charge in [0.1, 0.15) is 6.04 Å². The van der Waals surface area contributed by atoms with Gasteiger partial charge in [-0.05, 0) is 36.0 Å². The number of rotatable bonds is 5. The van der Waals surface area contributed by atoms with Gasteiger partial charge in [-0.25, -0.2) is 4.79 Å². The molecule has 0 saturated carbocycles. The molecule has 1 atom stereocenters. The Balaban J connectivity index is 2.61. The summed E-state index contributed by atoms with van der Waals surface area (Å²) >= 11 is 6.04. The van der Waals surface area contributed by atoms with Gasteiger partial charge < -0.3 is 10.4 Å². The Morgan fingerprint density at radius 2 is 1.95 bits per heavy atom. The third kappa shape index (κ3) is 5.38. The van der Waals surface area contributed by atoms with Crippen molar-refractivity contribution in [2.24, 2.45) is 5.41 Å². The summed E-state index contributed by atoms with van der Waals surface area (Å²) in [4.78, 5) is 23.1. The molecule has 1 aromatic rings. The third-order valence-electron chi connectivity index (χ3n) is 3.30. The van der Waals surface area contributed by atoms with Crippen LogP contribution in [0.25, 0.3) is 0 Å². The highest BCUT2D eigenvalue weighted by atomic mass is 35.5. The number of carbonyl (C=O) groups excluding carboxylic acids is 1. The first-order valence-corrected chi connectivity index (χ1v) is 7.26. The SMILES string of the molecule is Cc1ccc(CCC(=O)N[C@H](C(=O)O)C(C)(C)C)cc1Cl. The highest BCUT2D eigenvalue weighted by molar-refractivity contribution is 6.31. The fraction of sp³-hybridized carbons (Fsp3) is 0.500. The molecule has 1 rings (SSSR count). The van der Waals surface area contributed by atoms with Gasteiger partial charge in [0.2, 0.25) is 5.91 Å². The predicted octanol–water partition coefficient (Wildman–Crippen LogP) is 3.20. The Kier molecular flexibility index (Phi) is 5.78. The summed E-state index contributed by atoms with van der Waals surface area (Å²) in [6, 6.07) is 4.77. The molecule has 0 aliphatic heterocycles. The zero-order chi connectivity index (χ0) is 16.2. The summed E-state index contributed by atoms with van der Waals surface area (Å²) < 4.78 is 0. The Bertz CT molecular complexity index is 535. The van der Waals surface area contributed by atoms with E-state index >= 15 is 0 Å². The quantitative estimate of drug-likeness (QED) is 0.877. The number of hydrogen-bond acceptors (Lipinski definition) is 2. The van der Waals surface area contributed by atoms with Crippen molar-refractivity contribution in [2.45, 2.75) is 46.6 Å². The first-order chi connectivity index (χ1) is 9.61. The molecule has 5 heteroatoms. The number of carbonyl (C=O) groups is 2. The number of amides is 1. The molecule has 0 saturated heterocycles. The van der Waals surface area contributed by atoms with Crippen molar-refractivity contribution >= 4 is 23.5 Å². The lowest BCUT2D eigenvalue weighted by Crippen LogP contribution is -2.49. The minimum atomic E-state index is -1.02. The second kappa shape index (κ2) is 6.94. The third-order valence-corrected chi connectivity index (χ3v) is 3.70. The van der Waals surface area contributed by atoms with Crippen molar-refractivity contribution in [3.05, 3.63) is 34.3 Å². The molecule has 0 aromatic heterocycles. The summed E-state index contributed by atoms with van der Waals surface area (Å²) in [5.74, 6) is -1.29. The molecule has 0 aliphatic rings. The van der Waals surface area contributed by atoms with Gasteiger partial charge in [0.15, 0.2) is 0 Å². The van der Waals surface area contributed by atoms with Crippen LogP contribution in [0, 0.1) is 12.3 Å². The van der Waals surface area contributed by atoms with Gasteiger partial charge in [0.05, 0.1) is 0 Å². The molecule has 2 N–H and O–H groups in total. The topological polar surface area (TPSA) is 66.4 Å². The van der Waals surface area contributed by atoms with Crippen LogP contribution in [0.15, 0.2) is 18.2 Å². The average Bonchev–Trinajstić information content (AvgIpc) is 2.35. The Morgan fingerprint density at radius 3 is 2.43 bits per heavy atom. The van der Waals surface area contributed by atoms with Crippen LogP contribution in [0.3, 0.4) is 0 Å². The first-order valence-electron chi connectivity index (χ1n) is 6.88. The molecule has 116 valence electrons. The number of carboxylic acids is 1. The molecule has 0 aliphatic carbocycles. The summed E-state index contributed by atoms with van der Waals surface area (Å²) in [6.45, 7) is 7.27. The van der Waals surface area contributed by atoms with Crippen LogP contribution >= 0.6 is 11.6 Å². The molecule has 1 aromatic carbocycles. The van der Waals surface area contributed by atoms with Gasteiger partial charge in [-0.2, -0.15) is 0 Å². The molecule has 0 spiro atoms. The molecule has 0 radical (unpaired) electrons. The maximum atomic E-state index is 11.9. The zero-order valence-corrected chi connectivity index (χ0v) is 13.6. The molecule has 1 amide bonds. The van der Waals surface area contributed by atoms with E-state index in [4.69, 9.17) is 11.6 Å². The van der Waals surface area contributed by atoms with E-state index in [-0.39, 0.29) is 12.3 Å². The van der Waals surface area contributed by atoms with Crippen molar-refractivity contribution in [3.63, 3.8) is 0 Å². The number of benzene rings is 1. The van der Waals surface area contributed by atoms with E-state index in [9.17, 15) is 14.7 Å². The van der Waals surface area contributed by atoms with E-state index in [1.54, 1.807) is 20.8 Å². The molecule has 0 unspecified atom stereocenters. The van der Waals surface area contributed by atoms with Crippen molar-refractivity contribution in [2.75, 3.05) is 0 Å². The summed E-state index contributed by atoms with van der Waals surface area (Å²) in [5, 5.41) is 12.4. The highest BCUT2D eigenvalue weighted by Gasteiger charge is 2.32. The minimum absolute atomic E-state index is 0.235. The zero-order valence-electron chi connectivity index (χ0n) is 12.9. The van der Waals surface area contributed by atoms with Crippen LogP contribution < -0.4 is 5.32 Å². The van der Waals surface area contributed by atoms with Gasteiger partial charge in [-0.1, -0.05) is 44.5 Å². The number of hydrogen-bond donors (Lipinski definition) is 2. The molecule has 21 heavy (non-hydrogen) atoms. The lowest BCUT2D eigenvalue weighted by molar-refractivity contribution is -0.144. The van der Waals surface area contributed by atoms with Crippen LogP contribution in [0.4, 0.5) is 0 Å². The summed E-state index contributed by atoms with van der Waals surface area (Å²) in [6.07, 6.45) is 0.765. The second-order valence-corrected chi connectivity index (χ2v) is 6.70. The van der Waals surface area contributed by atoms with Gasteiger partial charge in [-0.15, -0.1) is 0 Å². The van der Waals surface area contributed by atoms with Gasteiger partial charge in [0, 0.05) is 11.4 Å². The predicted molar refractivity (Wildman–Crippen MR) is 83.5 cm³/mol. The number of carboxylic acid groups (broad SMARTS) is 1. The van der Waals surface area contributed by atoms with Crippen molar-refractivity contribution in [3.8, 4) is 0 Å². The molecular weight excluding hydrogens is 290 g/mol. The van der Waals surface area contributed by atoms with Gasteiger partial charge >= 0.3 is 5.97 Å². The molecule has 0 fully saturated rings. The number of halogens is 1. The van der Waals surface area contributed by atoms with Crippen LogP contribution in [-0.2, 0) is 16.0 Å². The Labute approximate surface area is 130 Å². The molecule has 0 heterocycles. The number of aliphatic carboxylic acids is 1. The van der Waals surface area contributed by atoms with Gasteiger partial charge in [-0.3, -0.25) is 4.79 Å². The lowest BCUT2D eigenvalue weighted by atomic mass is 9.86. The van der Waals surface area contributed by atoms with Crippen molar-refractivity contribution in [1.29, 1.82) is 0 Å². The van der Waals surface area contributed by atoms with E-state index in [0.29, 0.717) is 11.4 Å². The fourth-order valence-electron chi connectivity index (χ4n) is 1.93. The normalized spacial score (nSPS) is 12.8. The van der Waals surface area contributed by atoms with E-state index in [1.165, 1.54) is 0 Å². The van der Waals surface area contributed by atoms with Crippen molar-refractivity contribution in [1.82, 2.24) is 5.32 Å². The van der Waals surface area contributed by atoms with E-state index in [1.807, 2.05) is 25.1 Å². The molecule has 4 nitrogen and oxygen atoms in total. The minimum Gasteiger partial charge on any atom is -0.480 e. The average molecular weight is 312 g/mol. The first kappa shape index (κ1) is 17.5. The van der Waals surface area contributed by atoms with E-state index < -0.39 is 17.4 Å². The summed E-state index contributed by atoms with van der Waals surface area (Å²) in [7, 11) is 0. The largest absolute Gasteiger partial charge is 0.480 e. The van der Waals surface area contributed by atoms with E-state index in [0.717, 1.165) is 11.1 Å². The number of aryl methyl sites for hydroxylation is 2. The van der Waals surface area contributed by atoms with Crippen LogP contribution in [0.2, 0.25) is 5.02 Å². The Hall–Kier alpha value is -1.55. The van der Waals surface area contributed by atoms with Crippen molar-refractivity contribution < 1.29 is 14.7 Å². The van der Waals surface area contributed by atoms with Crippen LogP contribution in [0.5, 0.6) is 0 Å². The van der Waals surface area contributed by atoms with E-state index in [2.05, 4.69) is 5.32 Å².